The fourth-order valence-electron chi connectivity index (χ4n) is 2.20. The van der Waals surface area contributed by atoms with Crippen molar-refractivity contribution >= 4 is 0 Å². The van der Waals surface area contributed by atoms with Gasteiger partial charge in [-0.3, -0.25) is 0 Å². The molecular weight excluding hydrogens is 138 g/mol. The van der Waals surface area contributed by atoms with Crippen molar-refractivity contribution < 1.29 is 4.74 Å². The second-order valence-corrected chi connectivity index (χ2v) is 3.66. The van der Waals surface area contributed by atoms with E-state index in [1.165, 1.54) is 32.2 Å². The Kier molecular flexibility index (Phi) is 2.44. The summed E-state index contributed by atoms with van der Waals surface area (Å²) in [5.41, 5.74) is 0. The molecule has 0 aromatic rings. The molecule has 1 saturated carbocycles. The molecule has 2 fully saturated rings. The van der Waals surface area contributed by atoms with Crippen LogP contribution in [0.25, 0.3) is 0 Å². The molecule has 2 rings (SSSR count). The molecule has 2 heteroatoms. The van der Waals surface area contributed by atoms with E-state index >= 15 is 0 Å². The van der Waals surface area contributed by atoms with E-state index < -0.39 is 0 Å². The normalized spacial score (nSPS) is 39.3. The molecule has 2 aliphatic rings. The van der Waals surface area contributed by atoms with Crippen molar-refractivity contribution in [2.45, 2.75) is 31.8 Å². The summed E-state index contributed by atoms with van der Waals surface area (Å²) in [6.07, 6.45) is 6.04. The Balaban J connectivity index is 1.93. The van der Waals surface area contributed by atoms with Crippen molar-refractivity contribution in [1.82, 2.24) is 5.32 Å². The van der Waals surface area contributed by atoms with E-state index in [0.29, 0.717) is 6.10 Å². The highest BCUT2D eigenvalue weighted by Gasteiger charge is 2.26. The van der Waals surface area contributed by atoms with Crippen LogP contribution >= 0.6 is 0 Å². The van der Waals surface area contributed by atoms with Crippen LogP contribution in [0.5, 0.6) is 0 Å². The SMILES string of the molecule is C1CCC2OCCNCC2C1. The summed E-state index contributed by atoms with van der Waals surface area (Å²) in [6, 6.07) is 0. The second-order valence-electron chi connectivity index (χ2n) is 3.66. The van der Waals surface area contributed by atoms with E-state index in [-0.39, 0.29) is 0 Å². The van der Waals surface area contributed by atoms with Crippen molar-refractivity contribution in [3.63, 3.8) is 0 Å². The molecule has 1 aliphatic heterocycles. The molecule has 1 saturated heterocycles. The third-order valence-corrected chi connectivity index (χ3v) is 2.86. The maximum absolute atomic E-state index is 5.74. The lowest BCUT2D eigenvalue weighted by atomic mass is 9.86. The number of fused-ring (bicyclic) bond motifs is 1. The third kappa shape index (κ3) is 1.74. The molecule has 2 unspecified atom stereocenters. The molecule has 0 amide bonds. The molecule has 11 heavy (non-hydrogen) atoms. The molecule has 0 spiro atoms. The molecule has 0 radical (unpaired) electrons. The average Bonchev–Trinajstić information content (AvgIpc) is 2.28. The predicted molar refractivity (Wildman–Crippen MR) is 44.6 cm³/mol. The van der Waals surface area contributed by atoms with Gasteiger partial charge in [-0.05, 0) is 18.8 Å². The van der Waals surface area contributed by atoms with Gasteiger partial charge in [0.25, 0.3) is 0 Å². The van der Waals surface area contributed by atoms with Crippen molar-refractivity contribution in [3.05, 3.63) is 0 Å². The summed E-state index contributed by atoms with van der Waals surface area (Å²) in [5.74, 6) is 0.811. The molecule has 0 bridgehead atoms. The van der Waals surface area contributed by atoms with Gasteiger partial charge in [0.2, 0.25) is 0 Å². The Bertz CT molecular complexity index is 113. The van der Waals surface area contributed by atoms with Crippen LogP contribution in [0.2, 0.25) is 0 Å². The zero-order valence-electron chi connectivity index (χ0n) is 7.01. The Morgan fingerprint density at radius 2 is 2.09 bits per heavy atom. The summed E-state index contributed by atoms with van der Waals surface area (Å²) in [4.78, 5) is 0. The summed E-state index contributed by atoms with van der Waals surface area (Å²) in [6.45, 7) is 3.15. The molecule has 2 atom stereocenters. The molecule has 2 nitrogen and oxygen atoms in total. The van der Waals surface area contributed by atoms with E-state index in [1.54, 1.807) is 0 Å². The first kappa shape index (κ1) is 7.56. The highest BCUT2D eigenvalue weighted by molar-refractivity contribution is 4.79. The number of rotatable bonds is 0. The molecule has 1 aliphatic carbocycles. The van der Waals surface area contributed by atoms with Gasteiger partial charge in [0, 0.05) is 13.1 Å². The summed E-state index contributed by atoms with van der Waals surface area (Å²) in [7, 11) is 0. The summed E-state index contributed by atoms with van der Waals surface area (Å²) >= 11 is 0. The largest absolute Gasteiger partial charge is 0.377 e. The Hall–Kier alpha value is -0.0800. The van der Waals surface area contributed by atoms with Gasteiger partial charge in [0.15, 0.2) is 0 Å². The van der Waals surface area contributed by atoms with Crippen molar-refractivity contribution in [2.24, 2.45) is 5.92 Å². The number of hydrogen-bond acceptors (Lipinski definition) is 2. The predicted octanol–water partition coefficient (Wildman–Crippen LogP) is 1.17. The Labute approximate surface area is 68.3 Å². The van der Waals surface area contributed by atoms with Gasteiger partial charge in [-0.1, -0.05) is 12.8 Å². The lowest BCUT2D eigenvalue weighted by molar-refractivity contribution is 0.00847. The first-order chi connectivity index (χ1) is 5.47. The number of nitrogens with one attached hydrogen (secondary N) is 1. The highest BCUT2D eigenvalue weighted by Crippen LogP contribution is 2.27. The van der Waals surface area contributed by atoms with Crippen LogP contribution in [0.1, 0.15) is 25.7 Å². The fraction of sp³-hybridized carbons (Fsp3) is 1.00. The van der Waals surface area contributed by atoms with Crippen LogP contribution in [0.15, 0.2) is 0 Å². The summed E-state index contributed by atoms with van der Waals surface area (Å²) < 4.78 is 5.74. The van der Waals surface area contributed by atoms with E-state index in [1.807, 2.05) is 0 Å². The van der Waals surface area contributed by atoms with Gasteiger partial charge in [0.1, 0.15) is 0 Å². The monoisotopic (exact) mass is 155 g/mol. The van der Waals surface area contributed by atoms with Crippen molar-refractivity contribution in [2.75, 3.05) is 19.7 Å². The van der Waals surface area contributed by atoms with Crippen LogP contribution in [0.4, 0.5) is 0 Å². The zero-order valence-corrected chi connectivity index (χ0v) is 7.01. The second kappa shape index (κ2) is 3.55. The van der Waals surface area contributed by atoms with E-state index in [2.05, 4.69) is 5.32 Å². The first-order valence-corrected chi connectivity index (χ1v) is 4.79. The fourth-order valence-corrected chi connectivity index (χ4v) is 2.20. The quantitative estimate of drug-likeness (QED) is 0.567. The number of hydrogen-bond donors (Lipinski definition) is 1. The van der Waals surface area contributed by atoms with Gasteiger partial charge in [-0.15, -0.1) is 0 Å². The maximum atomic E-state index is 5.74. The zero-order chi connectivity index (χ0) is 7.52. The average molecular weight is 155 g/mol. The molecule has 64 valence electrons. The molecular formula is C9H17NO. The van der Waals surface area contributed by atoms with Gasteiger partial charge in [0.05, 0.1) is 12.7 Å². The third-order valence-electron chi connectivity index (χ3n) is 2.86. The minimum Gasteiger partial charge on any atom is -0.377 e. The number of ether oxygens (including phenoxy) is 1. The molecule has 1 N–H and O–H groups in total. The lowest BCUT2D eigenvalue weighted by Gasteiger charge is -2.28. The van der Waals surface area contributed by atoms with E-state index in [9.17, 15) is 0 Å². The van der Waals surface area contributed by atoms with Crippen molar-refractivity contribution in [1.29, 1.82) is 0 Å². The van der Waals surface area contributed by atoms with Crippen LogP contribution in [-0.2, 0) is 4.74 Å². The topological polar surface area (TPSA) is 21.3 Å². The molecule has 1 heterocycles. The van der Waals surface area contributed by atoms with Crippen LogP contribution < -0.4 is 5.32 Å². The highest BCUT2D eigenvalue weighted by atomic mass is 16.5. The minimum absolute atomic E-state index is 0.582. The minimum atomic E-state index is 0.582. The van der Waals surface area contributed by atoms with Gasteiger partial charge in [-0.25, -0.2) is 0 Å². The molecule has 0 aromatic heterocycles. The summed E-state index contributed by atoms with van der Waals surface area (Å²) in [5, 5.41) is 3.42. The Morgan fingerprint density at radius 3 is 3.09 bits per heavy atom. The van der Waals surface area contributed by atoms with Crippen LogP contribution in [0.3, 0.4) is 0 Å². The van der Waals surface area contributed by atoms with E-state index in [4.69, 9.17) is 4.74 Å². The van der Waals surface area contributed by atoms with Crippen molar-refractivity contribution in [3.8, 4) is 0 Å². The van der Waals surface area contributed by atoms with E-state index in [0.717, 1.165) is 19.1 Å². The van der Waals surface area contributed by atoms with Crippen LogP contribution in [-0.4, -0.2) is 25.8 Å². The Morgan fingerprint density at radius 1 is 1.18 bits per heavy atom. The smallest absolute Gasteiger partial charge is 0.0616 e. The van der Waals surface area contributed by atoms with Gasteiger partial charge >= 0.3 is 0 Å². The molecule has 0 aromatic carbocycles. The maximum Gasteiger partial charge on any atom is 0.0616 e. The lowest BCUT2D eigenvalue weighted by Crippen LogP contribution is -2.31. The van der Waals surface area contributed by atoms with Gasteiger partial charge < -0.3 is 10.1 Å². The van der Waals surface area contributed by atoms with Crippen LogP contribution in [0, 0.1) is 5.92 Å². The first-order valence-electron chi connectivity index (χ1n) is 4.79. The standard InChI is InChI=1S/C9H17NO/c1-2-4-9-8(3-1)7-10-5-6-11-9/h8-10H,1-7H2. The van der Waals surface area contributed by atoms with Gasteiger partial charge in [-0.2, -0.15) is 0 Å².